The van der Waals surface area contributed by atoms with Crippen molar-refractivity contribution in [2.45, 2.75) is 85.5 Å². The topological polar surface area (TPSA) is 73.1 Å². The summed E-state index contributed by atoms with van der Waals surface area (Å²) in [7, 11) is 1.80. The zero-order valence-corrected chi connectivity index (χ0v) is 19.6. The zero-order chi connectivity index (χ0) is 20.4. The zero-order valence-electron chi connectivity index (χ0n) is 17.5. The van der Waals surface area contributed by atoms with Crippen molar-refractivity contribution in [3.05, 3.63) is 11.1 Å². The van der Waals surface area contributed by atoms with Crippen molar-refractivity contribution in [1.82, 2.24) is 0 Å². The molecule has 0 amide bonds. The molecule has 6 aliphatic rings. The maximum Gasteiger partial charge on any atom is 0.334 e. The van der Waals surface area contributed by atoms with Gasteiger partial charge in [0.1, 0.15) is 30.0 Å². The van der Waals surface area contributed by atoms with Crippen LogP contribution in [0.15, 0.2) is 11.1 Å². The predicted octanol–water partition coefficient (Wildman–Crippen LogP) is 2.95. The normalized spacial score (nSPS) is 54.6. The number of fused-ring (bicyclic) bond motifs is 3. The number of ether oxygens (including phenoxy) is 5. The first-order valence-corrected chi connectivity index (χ1v) is 11.9. The van der Waals surface area contributed by atoms with E-state index >= 15 is 0 Å². The molecule has 2 aliphatic carbocycles. The maximum atomic E-state index is 12.4. The number of alkyl halides is 1. The second-order valence-corrected chi connectivity index (χ2v) is 12.1. The fraction of sp³-hybridized carbons (Fsp3) is 0.864. The van der Waals surface area contributed by atoms with Gasteiger partial charge in [0.05, 0.1) is 22.2 Å². The first-order valence-electron chi connectivity index (χ1n) is 10.8. The van der Waals surface area contributed by atoms with E-state index in [0.717, 1.165) is 37.9 Å². The number of halogens is 1. The van der Waals surface area contributed by atoms with Crippen LogP contribution in [-0.4, -0.2) is 65.3 Å². The van der Waals surface area contributed by atoms with E-state index in [1.807, 2.05) is 0 Å². The van der Waals surface area contributed by atoms with Gasteiger partial charge >= 0.3 is 5.97 Å². The van der Waals surface area contributed by atoms with Gasteiger partial charge in [0.15, 0.2) is 0 Å². The third kappa shape index (κ3) is 2.19. The first-order chi connectivity index (χ1) is 13.7. The summed E-state index contributed by atoms with van der Waals surface area (Å²) >= 11 is 2.62. The number of rotatable bonds is 5. The Morgan fingerprint density at radius 2 is 2.03 bits per heavy atom. The number of methoxy groups -OCH3 is 1. The summed E-state index contributed by atoms with van der Waals surface area (Å²) in [4.78, 5) is 12.4. The lowest BCUT2D eigenvalue weighted by atomic mass is 9.53. The van der Waals surface area contributed by atoms with E-state index in [-0.39, 0.29) is 50.4 Å². The summed E-state index contributed by atoms with van der Waals surface area (Å²) in [6.07, 6.45) is 3.91. The molecule has 0 radical (unpaired) electrons. The van der Waals surface area contributed by atoms with Gasteiger partial charge in [-0.1, -0.05) is 43.4 Å². The van der Waals surface area contributed by atoms with Crippen LogP contribution >= 0.6 is 22.6 Å². The van der Waals surface area contributed by atoms with Crippen molar-refractivity contribution >= 4 is 28.6 Å². The highest BCUT2D eigenvalue weighted by Crippen LogP contribution is 2.75. The van der Waals surface area contributed by atoms with Gasteiger partial charge in [-0.2, -0.15) is 0 Å². The molecule has 8 atom stereocenters. The molecule has 4 heterocycles. The monoisotopic (exact) mass is 516 g/mol. The van der Waals surface area contributed by atoms with Gasteiger partial charge < -0.3 is 23.7 Å². The van der Waals surface area contributed by atoms with E-state index in [9.17, 15) is 4.79 Å². The van der Waals surface area contributed by atoms with Crippen LogP contribution in [0.5, 0.6) is 0 Å². The van der Waals surface area contributed by atoms with E-state index in [1.54, 1.807) is 7.11 Å². The van der Waals surface area contributed by atoms with Gasteiger partial charge in [-0.15, -0.1) is 0 Å². The largest absolute Gasteiger partial charge is 0.458 e. The smallest absolute Gasteiger partial charge is 0.334 e. The van der Waals surface area contributed by atoms with Gasteiger partial charge in [-0.3, -0.25) is 0 Å². The first kappa shape index (κ1) is 19.5. The van der Waals surface area contributed by atoms with Crippen LogP contribution in [0.3, 0.4) is 0 Å². The molecule has 3 saturated heterocycles. The Balaban J connectivity index is 1.42. The van der Waals surface area contributed by atoms with Crippen molar-refractivity contribution in [2.75, 3.05) is 20.3 Å². The van der Waals surface area contributed by atoms with Gasteiger partial charge in [-0.25, -0.2) is 4.79 Å². The van der Waals surface area contributed by atoms with Crippen LogP contribution in [0.1, 0.15) is 46.5 Å². The molecule has 0 aromatic heterocycles. The Hall–Kier alpha value is -0.220. The molecule has 1 saturated carbocycles. The summed E-state index contributed by atoms with van der Waals surface area (Å²) < 4.78 is 29.9. The number of carbonyl (C=O) groups is 1. The van der Waals surface area contributed by atoms with Gasteiger partial charge in [0.2, 0.25) is 0 Å². The highest BCUT2D eigenvalue weighted by molar-refractivity contribution is 14.1. The van der Waals surface area contributed by atoms with Crippen LogP contribution in [0.4, 0.5) is 0 Å². The van der Waals surface area contributed by atoms with Crippen LogP contribution < -0.4 is 0 Å². The van der Waals surface area contributed by atoms with E-state index in [2.05, 4.69) is 43.4 Å². The van der Waals surface area contributed by atoms with Crippen molar-refractivity contribution < 1.29 is 28.5 Å². The molecular weight excluding hydrogens is 487 g/mol. The quantitative estimate of drug-likeness (QED) is 0.242. The molecule has 4 aliphatic heterocycles. The molecule has 7 heteroatoms. The van der Waals surface area contributed by atoms with Gasteiger partial charge in [0.25, 0.3) is 0 Å². The number of cyclic esters (lactones) is 1. The van der Waals surface area contributed by atoms with Gasteiger partial charge in [0, 0.05) is 24.5 Å². The summed E-state index contributed by atoms with van der Waals surface area (Å²) in [6, 6.07) is 0. The SMILES string of the molecule is CO[C@H]1C[C@@]2([C@@]3(C)CCC4=C(COC4=O)[C@]3(I)C[C@H]3CO3)O[C@H]2[C@@H]2O[C@]12C(C)C. The number of hydrogen-bond donors (Lipinski definition) is 0. The Morgan fingerprint density at radius 3 is 2.69 bits per heavy atom. The summed E-state index contributed by atoms with van der Waals surface area (Å²) in [5, 5.41) is 0. The third-order valence-corrected chi connectivity index (χ3v) is 11.2. The minimum Gasteiger partial charge on any atom is -0.458 e. The third-order valence-electron chi connectivity index (χ3n) is 8.94. The Labute approximate surface area is 185 Å². The number of hydrogen-bond acceptors (Lipinski definition) is 6. The lowest BCUT2D eigenvalue weighted by Gasteiger charge is -2.53. The van der Waals surface area contributed by atoms with E-state index < -0.39 is 0 Å². The summed E-state index contributed by atoms with van der Waals surface area (Å²) in [6.45, 7) is 8.01. The predicted molar refractivity (Wildman–Crippen MR) is 112 cm³/mol. The molecule has 29 heavy (non-hydrogen) atoms. The van der Waals surface area contributed by atoms with Crippen LogP contribution in [0.25, 0.3) is 0 Å². The van der Waals surface area contributed by atoms with Crippen LogP contribution in [0, 0.1) is 11.3 Å². The van der Waals surface area contributed by atoms with Crippen LogP contribution in [-0.2, 0) is 28.5 Å². The van der Waals surface area contributed by atoms with Crippen molar-refractivity contribution in [3.63, 3.8) is 0 Å². The molecule has 0 spiro atoms. The molecular formula is C22H29IO6. The molecule has 160 valence electrons. The van der Waals surface area contributed by atoms with Crippen LogP contribution in [0.2, 0.25) is 0 Å². The van der Waals surface area contributed by atoms with E-state index in [0.29, 0.717) is 12.5 Å². The lowest BCUT2D eigenvalue weighted by Crippen LogP contribution is -2.60. The van der Waals surface area contributed by atoms with Crippen molar-refractivity contribution in [1.29, 1.82) is 0 Å². The maximum absolute atomic E-state index is 12.4. The second kappa shape index (κ2) is 5.77. The Bertz CT molecular complexity index is 822. The lowest BCUT2D eigenvalue weighted by molar-refractivity contribution is -0.136. The standard InChI is InChI=1S/C22H29IO6/c1-11(2)22-15(25-4)8-21(16(28-21)17(22)29-22)19(3)6-5-13-14(10-27-18(13)24)20(19,23)7-12-9-26-12/h11-12,15-17H,5-10H2,1-4H3/t12-,15-,16-,17-,19-,20+,21+,22+/m0/s1. The molecule has 0 aromatic rings. The minimum absolute atomic E-state index is 0.0257. The number of epoxide rings is 3. The van der Waals surface area contributed by atoms with E-state index in [1.165, 1.54) is 5.57 Å². The van der Waals surface area contributed by atoms with Crippen molar-refractivity contribution in [3.8, 4) is 0 Å². The van der Waals surface area contributed by atoms with Crippen molar-refractivity contribution in [2.24, 2.45) is 11.3 Å². The van der Waals surface area contributed by atoms with Gasteiger partial charge in [-0.05, 0) is 30.8 Å². The molecule has 6 nitrogen and oxygen atoms in total. The fourth-order valence-corrected chi connectivity index (χ4v) is 8.66. The molecule has 4 fully saturated rings. The average Bonchev–Trinajstić information content (AvgIpc) is 3.55. The Kier molecular flexibility index (Phi) is 3.87. The number of esters is 1. The minimum atomic E-state index is -0.284. The highest BCUT2D eigenvalue weighted by Gasteiger charge is 2.86. The van der Waals surface area contributed by atoms with E-state index in [4.69, 9.17) is 23.7 Å². The number of carbonyl (C=O) groups excluding carboxylic acids is 1. The molecule has 0 bridgehead atoms. The molecule has 0 N–H and O–H groups in total. The highest BCUT2D eigenvalue weighted by atomic mass is 127. The average molecular weight is 516 g/mol. The molecule has 0 unspecified atom stereocenters. The second-order valence-electron chi connectivity index (χ2n) is 10.2. The molecule has 6 rings (SSSR count). The Morgan fingerprint density at radius 1 is 1.28 bits per heavy atom. The summed E-state index contributed by atoms with van der Waals surface area (Å²) in [5.74, 6) is 0.256. The molecule has 0 aromatic carbocycles. The fourth-order valence-electron chi connectivity index (χ4n) is 6.96. The summed E-state index contributed by atoms with van der Waals surface area (Å²) in [5.41, 5.74) is 1.42.